The summed E-state index contributed by atoms with van der Waals surface area (Å²) in [5.74, 6) is -0.856. The molecule has 0 bridgehead atoms. The standard InChI is InChI=1S/C21H21ClN2O3/c1-15-10-16(2)12-19(11-15)24(9-3-8-23)20(25)14-27-21(26)13-17-4-6-18(22)7-5-17/h4-7,10-12H,3,9,13-14H2,1-2H3. The van der Waals surface area contributed by atoms with Crippen LogP contribution in [0.2, 0.25) is 5.02 Å². The van der Waals surface area contributed by atoms with Gasteiger partial charge in [-0.25, -0.2) is 0 Å². The number of ether oxygens (including phenoxy) is 1. The third-order valence-corrected chi connectivity index (χ3v) is 4.14. The van der Waals surface area contributed by atoms with E-state index in [1.807, 2.05) is 38.1 Å². The number of carbonyl (C=O) groups excluding carboxylic acids is 2. The second-order valence-corrected chi connectivity index (χ2v) is 6.70. The van der Waals surface area contributed by atoms with Crippen molar-refractivity contribution in [1.82, 2.24) is 0 Å². The fourth-order valence-corrected chi connectivity index (χ4v) is 2.83. The van der Waals surface area contributed by atoms with Gasteiger partial charge in [0.2, 0.25) is 0 Å². The van der Waals surface area contributed by atoms with Gasteiger partial charge in [0, 0.05) is 17.3 Å². The average Bonchev–Trinajstić information content (AvgIpc) is 2.61. The monoisotopic (exact) mass is 384 g/mol. The van der Waals surface area contributed by atoms with Crippen LogP contribution in [0.25, 0.3) is 0 Å². The summed E-state index contributed by atoms with van der Waals surface area (Å²) in [6.07, 6.45) is 0.254. The maximum Gasteiger partial charge on any atom is 0.310 e. The summed E-state index contributed by atoms with van der Waals surface area (Å²) in [5.41, 5.74) is 3.48. The van der Waals surface area contributed by atoms with Gasteiger partial charge in [-0.1, -0.05) is 29.8 Å². The summed E-state index contributed by atoms with van der Waals surface area (Å²) in [6.45, 7) is 3.75. The molecular weight excluding hydrogens is 364 g/mol. The highest BCUT2D eigenvalue weighted by Gasteiger charge is 2.18. The molecule has 0 fully saturated rings. The summed E-state index contributed by atoms with van der Waals surface area (Å²) in [4.78, 5) is 26.1. The van der Waals surface area contributed by atoms with Crippen molar-refractivity contribution in [2.45, 2.75) is 26.7 Å². The number of nitriles is 1. The molecule has 2 aromatic carbocycles. The molecule has 2 aromatic rings. The van der Waals surface area contributed by atoms with E-state index in [2.05, 4.69) is 0 Å². The van der Waals surface area contributed by atoms with Gasteiger partial charge in [0.25, 0.3) is 5.91 Å². The van der Waals surface area contributed by atoms with Crippen molar-refractivity contribution in [1.29, 1.82) is 5.26 Å². The number of carbonyl (C=O) groups is 2. The minimum Gasteiger partial charge on any atom is -0.455 e. The van der Waals surface area contributed by atoms with Gasteiger partial charge in [0.15, 0.2) is 6.61 Å². The highest BCUT2D eigenvalue weighted by Crippen LogP contribution is 2.19. The predicted molar refractivity (Wildman–Crippen MR) is 105 cm³/mol. The molecule has 140 valence electrons. The lowest BCUT2D eigenvalue weighted by molar-refractivity contribution is -0.147. The number of benzene rings is 2. The molecule has 0 heterocycles. The smallest absolute Gasteiger partial charge is 0.310 e. The Morgan fingerprint density at radius 1 is 1.11 bits per heavy atom. The van der Waals surface area contributed by atoms with Crippen LogP contribution in [0.4, 0.5) is 5.69 Å². The number of rotatable bonds is 7. The zero-order valence-corrected chi connectivity index (χ0v) is 16.1. The highest BCUT2D eigenvalue weighted by atomic mass is 35.5. The first-order valence-corrected chi connectivity index (χ1v) is 8.92. The minimum atomic E-state index is -0.494. The number of nitrogens with zero attached hydrogens (tertiary/aromatic N) is 2. The molecule has 0 aromatic heterocycles. The van der Waals surface area contributed by atoms with Gasteiger partial charge in [-0.05, 0) is 54.8 Å². The molecule has 0 spiro atoms. The van der Waals surface area contributed by atoms with E-state index in [4.69, 9.17) is 21.6 Å². The quantitative estimate of drug-likeness (QED) is 0.677. The van der Waals surface area contributed by atoms with Crippen molar-refractivity contribution < 1.29 is 14.3 Å². The van der Waals surface area contributed by atoms with E-state index in [0.717, 1.165) is 16.7 Å². The number of amides is 1. The second kappa shape index (κ2) is 9.75. The van der Waals surface area contributed by atoms with Crippen LogP contribution < -0.4 is 4.90 Å². The number of esters is 1. The Kier molecular flexibility index (Phi) is 7.39. The number of aryl methyl sites for hydroxylation is 2. The third kappa shape index (κ3) is 6.43. The lowest BCUT2D eigenvalue weighted by Crippen LogP contribution is -2.35. The third-order valence-electron chi connectivity index (χ3n) is 3.88. The lowest BCUT2D eigenvalue weighted by atomic mass is 10.1. The van der Waals surface area contributed by atoms with Gasteiger partial charge in [0.1, 0.15) is 0 Å². The van der Waals surface area contributed by atoms with Crippen molar-refractivity contribution >= 4 is 29.2 Å². The molecule has 0 aliphatic rings. The van der Waals surface area contributed by atoms with Gasteiger partial charge in [-0.2, -0.15) is 5.26 Å². The fraction of sp³-hybridized carbons (Fsp3) is 0.286. The van der Waals surface area contributed by atoms with Crippen molar-refractivity contribution in [3.8, 4) is 6.07 Å². The van der Waals surface area contributed by atoms with Gasteiger partial charge >= 0.3 is 5.97 Å². The fourth-order valence-electron chi connectivity index (χ4n) is 2.71. The SMILES string of the molecule is Cc1cc(C)cc(N(CCC#N)C(=O)COC(=O)Cc2ccc(Cl)cc2)c1. The number of halogens is 1. The van der Waals surface area contributed by atoms with E-state index >= 15 is 0 Å². The first-order chi connectivity index (χ1) is 12.9. The molecule has 0 saturated heterocycles. The van der Waals surface area contributed by atoms with Gasteiger partial charge in [0.05, 0.1) is 18.9 Å². The van der Waals surface area contributed by atoms with E-state index in [0.29, 0.717) is 10.7 Å². The van der Waals surface area contributed by atoms with Crippen LogP contribution in [0.5, 0.6) is 0 Å². The maximum atomic E-state index is 12.6. The molecule has 1 amide bonds. The number of hydrogen-bond donors (Lipinski definition) is 0. The van der Waals surface area contributed by atoms with Crippen LogP contribution >= 0.6 is 11.6 Å². The molecule has 6 heteroatoms. The van der Waals surface area contributed by atoms with Crippen LogP contribution in [-0.2, 0) is 20.7 Å². The van der Waals surface area contributed by atoms with Crippen LogP contribution in [0.1, 0.15) is 23.1 Å². The first-order valence-electron chi connectivity index (χ1n) is 8.54. The topological polar surface area (TPSA) is 70.4 Å². The van der Waals surface area contributed by atoms with E-state index in [-0.39, 0.29) is 31.9 Å². The normalized spacial score (nSPS) is 10.1. The largest absolute Gasteiger partial charge is 0.455 e. The summed E-state index contributed by atoms with van der Waals surface area (Å²) >= 11 is 5.82. The molecule has 27 heavy (non-hydrogen) atoms. The summed E-state index contributed by atoms with van der Waals surface area (Å²) in [5, 5.41) is 9.46. The summed E-state index contributed by atoms with van der Waals surface area (Å²) in [6, 6.07) is 14.6. The minimum absolute atomic E-state index is 0.0617. The second-order valence-electron chi connectivity index (χ2n) is 6.26. The molecule has 2 rings (SSSR count). The summed E-state index contributed by atoms with van der Waals surface area (Å²) in [7, 11) is 0. The number of hydrogen-bond acceptors (Lipinski definition) is 4. The molecule has 0 atom stereocenters. The van der Waals surface area contributed by atoms with E-state index < -0.39 is 5.97 Å². The van der Waals surface area contributed by atoms with Crippen LogP contribution in [0.3, 0.4) is 0 Å². The molecule has 0 aliphatic carbocycles. The zero-order chi connectivity index (χ0) is 19.8. The molecule has 5 nitrogen and oxygen atoms in total. The maximum absolute atomic E-state index is 12.6. The van der Waals surface area contributed by atoms with Crippen LogP contribution in [0, 0.1) is 25.2 Å². The predicted octanol–water partition coefficient (Wildman–Crippen LogP) is 3.99. The Hall–Kier alpha value is -2.84. The van der Waals surface area contributed by atoms with Crippen molar-refractivity contribution in [3.05, 3.63) is 64.2 Å². The lowest BCUT2D eigenvalue weighted by Gasteiger charge is -2.22. The Labute approximate surface area is 164 Å². The Balaban J connectivity index is 2.01. The van der Waals surface area contributed by atoms with Crippen molar-refractivity contribution in [2.75, 3.05) is 18.1 Å². The highest BCUT2D eigenvalue weighted by molar-refractivity contribution is 6.30. The Morgan fingerprint density at radius 3 is 2.33 bits per heavy atom. The van der Waals surface area contributed by atoms with Crippen molar-refractivity contribution in [2.24, 2.45) is 0 Å². The van der Waals surface area contributed by atoms with E-state index in [9.17, 15) is 9.59 Å². The molecule has 0 radical (unpaired) electrons. The van der Waals surface area contributed by atoms with Gasteiger partial charge in [-0.15, -0.1) is 0 Å². The Bertz CT molecular complexity index is 836. The van der Waals surface area contributed by atoms with Gasteiger partial charge < -0.3 is 9.64 Å². The molecular formula is C21H21ClN2O3. The van der Waals surface area contributed by atoms with Crippen molar-refractivity contribution in [3.63, 3.8) is 0 Å². The molecule has 0 N–H and O–H groups in total. The van der Waals surface area contributed by atoms with E-state index in [1.54, 1.807) is 24.3 Å². The molecule has 0 unspecified atom stereocenters. The van der Waals surface area contributed by atoms with Crippen LogP contribution in [-0.4, -0.2) is 25.0 Å². The average molecular weight is 385 g/mol. The molecule has 0 aliphatic heterocycles. The summed E-state index contributed by atoms with van der Waals surface area (Å²) < 4.78 is 5.13. The van der Waals surface area contributed by atoms with E-state index in [1.165, 1.54) is 4.90 Å². The zero-order valence-electron chi connectivity index (χ0n) is 15.4. The first kappa shape index (κ1) is 20.5. The van der Waals surface area contributed by atoms with Crippen LogP contribution in [0.15, 0.2) is 42.5 Å². The number of anilines is 1. The molecule has 0 saturated carbocycles. The Morgan fingerprint density at radius 2 is 1.74 bits per heavy atom. The van der Waals surface area contributed by atoms with Gasteiger partial charge in [-0.3, -0.25) is 9.59 Å².